The molecule has 19 heavy (non-hydrogen) atoms. The quantitative estimate of drug-likeness (QED) is 0.458. The fraction of sp³-hybridized carbons (Fsp3) is 0.250. The largest absolute Gasteiger partial charge is 0.258 e. The standard InChI is InChI=1S/C16H19ClNP/c1-14(2)18(13-17)19(15-9-5-3-6-10-15)16-11-7-4-8-12-16/h3-12,14H,13H2,1-2H3. The van der Waals surface area contributed by atoms with Crippen LogP contribution >= 0.6 is 19.7 Å². The molecule has 2 aromatic carbocycles. The van der Waals surface area contributed by atoms with E-state index >= 15 is 0 Å². The molecule has 0 N–H and O–H groups in total. The van der Waals surface area contributed by atoms with Gasteiger partial charge in [0.1, 0.15) is 0 Å². The van der Waals surface area contributed by atoms with E-state index in [9.17, 15) is 0 Å². The molecule has 0 radical (unpaired) electrons. The van der Waals surface area contributed by atoms with Crippen molar-refractivity contribution in [3.05, 3.63) is 60.7 Å². The number of alkyl halides is 1. The van der Waals surface area contributed by atoms with Crippen molar-refractivity contribution in [3.63, 3.8) is 0 Å². The van der Waals surface area contributed by atoms with Gasteiger partial charge in [-0.3, -0.25) is 4.67 Å². The molecule has 0 fully saturated rings. The van der Waals surface area contributed by atoms with E-state index in [1.165, 1.54) is 10.6 Å². The van der Waals surface area contributed by atoms with Gasteiger partial charge in [-0.15, -0.1) is 11.6 Å². The molecule has 0 amide bonds. The van der Waals surface area contributed by atoms with Crippen molar-refractivity contribution in [2.45, 2.75) is 19.9 Å². The summed E-state index contributed by atoms with van der Waals surface area (Å²) in [5.41, 5.74) is 0. The van der Waals surface area contributed by atoms with E-state index < -0.39 is 8.07 Å². The summed E-state index contributed by atoms with van der Waals surface area (Å²) >= 11 is 6.20. The third-order valence-electron chi connectivity index (χ3n) is 2.98. The van der Waals surface area contributed by atoms with E-state index in [0.29, 0.717) is 12.0 Å². The maximum Gasteiger partial charge on any atom is 0.0780 e. The first-order chi connectivity index (χ1) is 9.24. The maximum atomic E-state index is 6.20. The second-order valence-corrected chi connectivity index (χ2v) is 7.04. The van der Waals surface area contributed by atoms with Crippen LogP contribution in [0.5, 0.6) is 0 Å². The number of hydrogen-bond acceptors (Lipinski definition) is 1. The fourth-order valence-electron chi connectivity index (χ4n) is 2.01. The molecule has 0 saturated carbocycles. The summed E-state index contributed by atoms with van der Waals surface area (Å²) in [5.74, 6) is 0. The lowest BCUT2D eigenvalue weighted by molar-refractivity contribution is 0.442. The normalized spacial score (nSPS) is 11.5. The minimum atomic E-state index is -0.552. The number of nitrogens with zero attached hydrogens (tertiary/aromatic N) is 1. The van der Waals surface area contributed by atoms with Crippen molar-refractivity contribution in [1.29, 1.82) is 0 Å². The summed E-state index contributed by atoms with van der Waals surface area (Å²) in [6, 6.07) is 22.3. The number of hydrogen-bond donors (Lipinski definition) is 0. The second-order valence-electron chi connectivity index (χ2n) is 4.64. The van der Waals surface area contributed by atoms with Gasteiger partial charge >= 0.3 is 0 Å². The SMILES string of the molecule is CC(C)N(CCl)P(c1ccccc1)c1ccccc1. The average molecular weight is 292 g/mol. The van der Waals surface area contributed by atoms with Gasteiger partial charge in [-0.2, -0.15) is 0 Å². The molecule has 1 nitrogen and oxygen atoms in total. The van der Waals surface area contributed by atoms with E-state index in [1.54, 1.807) is 0 Å². The molecule has 0 atom stereocenters. The molecule has 3 heteroatoms. The zero-order chi connectivity index (χ0) is 13.7. The van der Waals surface area contributed by atoms with Crippen molar-refractivity contribution < 1.29 is 0 Å². The van der Waals surface area contributed by atoms with Crippen LogP contribution in [0, 0.1) is 0 Å². The lowest BCUT2D eigenvalue weighted by atomic mass is 10.4. The van der Waals surface area contributed by atoms with Gasteiger partial charge in [-0.05, 0) is 24.5 Å². The number of rotatable bonds is 5. The Morgan fingerprint density at radius 1 is 0.895 bits per heavy atom. The van der Waals surface area contributed by atoms with Crippen LogP contribution in [0.1, 0.15) is 13.8 Å². The van der Waals surface area contributed by atoms with Gasteiger partial charge in [0.05, 0.1) is 6.00 Å². The maximum absolute atomic E-state index is 6.20. The fourth-order valence-corrected chi connectivity index (χ4v) is 4.97. The lowest BCUT2D eigenvalue weighted by Crippen LogP contribution is -2.32. The number of benzene rings is 2. The summed E-state index contributed by atoms with van der Waals surface area (Å²) in [7, 11) is -0.552. The zero-order valence-electron chi connectivity index (χ0n) is 11.3. The van der Waals surface area contributed by atoms with Crippen LogP contribution in [-0.4, -0.2) is 16.7 Å². The van der Waals surface area contributed by atoms with Gasteiger partial charge in [-0.25, -0.2) is 0 Å². The van der Waals surface area contributed by atoms with Crippen molar-refractivity contribution in [1.82, 2.24) is 4.67 Å². The van der Waals surface area contributed by atoms with Crippen LogP contribution < -0.4 is 10.6 Å². The number of halogens is 1. The molecule has 100 valence electrons. The smallest absolute Gasteiger partial charge is 0.0780 e. The van der Waals surface area contributed by atoms with Gasteiger partial charge in [-0.1, -0.05) is 60.7 Å². The summed E-state index contributed by atoms with van der Waals surface area (Å²) in [4.78, 5) is 0. The summed E-state index contributed by atoms with van der Waals surface area (Å²) in [5, 5.41) is 2.69. The predicted octanol–water partition coefficient (Wildman–Crippen LogP) is 3.94. The second kappa shape index (κ2) is 7.05. The molecular weight excluding hydrogens is 273 g/mol. The molecule has 0 spiro atoms. The molecule has 0 unspecified atom stereocenters. The monoisotopic (exact) mass is 291 g/mol. The van der Waals surface area contributed by atoms with E-state index in [1.807, 2.05) is 0 Å². The topological polar surface area (TPSA) is 3.24 Å². The molecule has 0 bridgehead atoms. The van der Waals surface area contributed by atoms with Crippen molar-refractivity contribution in [2.75, 3.05) is 6.00 Å². The highest BCUT2D eigenvalue weighted by Gasteiger charge is 2.23. The minimum Gasteiger partial charge on any atom is -0.258 e. The third kappa shape index (κ3) is 3.57. The molecule has 0 aliphatic rings. The van der Waals surface area contributed by atoms with E-state index in [4.69, 9.17) is 11.6 Å². The lowest BCUT2D eigenvalue weighted by Gasteiger charge is -2.33. The van der Waals surface area contributed by atoms with Crippen LogP contribution in [-0.2, 0) is 0 Å². The van der Waals surface area contributed by atoms with Crippen LogP contribution in [0.2, 0.25) is 0 Å². The summed E-state index contributed by atoms with van der Waals surface area (Å²) < 4.78 is 2.36. The average Bonchev–Trinajstić information content (AvgIpc) is 2.46. The van der Waals surface area contributed by atoms with Gasteiger partial charge in [0.15, 0.2) is 0 Å². The Balaban J connectivity index is 2.45. The molecule has 0 saturated heterocycles. The Morgan fingerprint density at radius 3 is 1.63 bits per heavy atom. The van der Waals surface area contributed by atoms with Crippen molar-refractivity contribution in [3.8, 4) is 0 Å². The summed E-state index contributed by atoms with van der Waals surface area (Å²) in [6.45, 7) is 4.40. The highest BCUT2D eigenvalue weighted by Crippen LogP contribution is 2.40. The Labute approximate surface area is 122 Å². The third-order valence-corrected chi connectivity index (χ3v) is 6.09. The van der Waals surface area contributed by atoms with Crippen LogP contribution in [0.15, 0.2) is 60.7 Å². The van der Waals surface area contributed by atoms with E-state index in [-0.39, 0.29) is 0 Å². The minimum absolute atomic E-state index is 0.420. The van der Waals surface area contributed by atoms with Crippen molar-refractivity contribution >= 4 is 30.3 Å². The van der Waals surface area contributed by atoms with Gasteiger partial charge < -0.3 is 0 Å². The first kappa shape index (κ1) is 14.5. The highest BCUT2D eigenvalue weighted by molar-refractivity contribution is 7.70. The molecule has 0 aliphatic heterocycles. The Bertz CT molecular complexity index is 447. The van der Waals surface area contributed by atoms with Crippen LogP contribution in [0.25, 0.3) is 0 Å². The van der Waals surface area contributed by atoms with E-state index in [2.05, 4.69) is 79.2 Å². The van der Waals surface area contributed by atoms with Gasteiger partial charge in [0.25, 0.3) is 0 Å². The molecular formula is C16H19ClNP. The van der Waals surface area contributed by atoms with Gasteiger partial charge in [0, 0.05) is 14.1 Å². The summed E-state index contributed by atoms with van der Waals surface area (Å²) in [6.07, 6.45) is 0. The molecule has 2 rings (SSSR count). The van der Waals surface area contributed by atoms with Crippen LogP contribution in [0.4, 0.5) is 0 Å². The predicted molar refractivity (Wildman–Crippen MR) is 86.8 cm³/mol. The van der Waals surface area contributed by atoms with Crippen LogP contribution in [0.3, 0.4) is 0 Å². The Morgan fingerprint density at radius 2 is 1.32 bits per heavy atom. The highest BCUT2D eigenvalue weighted by atomic mass is 35.5. The molecule has 0 aromatic heterocycles. The first-order valence-electron chi connectivity index (χ1n) is 6.46. The molecule has 0 heterocycles. The van der Waals surface area contributed by atoms with E-state index in [0.717, 1.165) is 0 Å². The Hall–Kier alpha value is -0.880. The first-order valence-corrected chi connectivity index (χ1v) is 8.29. The van der Waals surface area contributed by atoms with Crippen molar-refractivity contribution in [2.24, 2.45) is 0 Å². The molecule has 2 aromatic rings. The molecule has 0 aliphatic carbocycles. The zero-order valence-corrected chi connectivity index (χ0v) is 13.0. The van der Waals surface area contributed by atoms with Gasteiger partial charge in [0.2, 0.25) is 0 Å². The Kier molecular flexibility index (Phi) is 5.39.